The molecule has 21 heteroatoms. The Bertz CT molecular complexity index is 1950. The van der Waals surface area contributed by atoms with Crippen molar-refractivity contribution in [3.63, 3.8) is 0 Å². The van der Waals surface area contributed by atoms with Crippen molar-refractivity contribution in [1.29, 1.82) is 0 Å². The number of aromatic hydroxyl groups is 2. The van der Waals surface area contributed by atoms with Crippen molar-refractivity contribution in [3.05, 3.63) is 36.4 Å². The monoisotopic (exact) mass is 627 g/mol. The first-order valence-electron chi connectivity index (χ1n) is 9.85. The molecule has 17 nitrogen and oxygen atoms in total. The van der Waals surface area contributed by atoms with Crippen molar-refractivity contribution >= 4 is 68.3 Å². The van der Waals surface area contributed by atoms with E-state index in [0.29, 0.717) is 12.1 Å². The van der Waals surface area contributed by atoms with E-state index in [9.17, 15) is 53.0 Å². The van der Waals surface area contributed by atoms with Gasteiger partial charge in [0.1, 0.15) is 26.9 Å². The molecular weight excluding hydrogens is 610 g/mol. The number of benzene rings is 3. The van der Waals surface area contributed by atoms with E-state index in [4.69, 9.17) is 10.3 Å². The summed E-state index contributed by atoms with van der Waals surface area (Å²) in [5.74, 6) is -2.83. The summed E-state index contributed by atoms with van der Waals surface area (Å²) >= 11 is 0. The van der Waals surface area contributed by atoms with E-state index in [-0.39, 0.29) is 5.69 Å². The van der Waals surface area contributed by atoms with Crippen LogP contribution < -0.4 is 5.73 Å². The molecule has 0 saturated carbocycles. The molecule has 0 radical (unpaired) electrons. The van der Waals surface area contributed by atoms with E-state index in [0.717, 1.165) is 24.3 Å². The third-order valence-electron chi connectivity index (χ3n) is 4.91. The summed E-state index contributed by atoms with van der Waals surface area (Å²) in [7, 11) is -19.3. The van der Waals surface area contributed by atoms with Crippen LogP contribution in [0.1, 0.15) is 0 Å². The highest BCUT2D eigenvalue weighted by molar-refractivity contribution is 7.91. The SMILES string of the molecule is Nc1ccc(S(=O)(=O)O)c2cc(S(=O)(=O)O)c(/N=N/c3ccc(S(=O)(=O)CCOS(=O)(=O)O)cc3O)c(O)c12. The number of azo groups is 1. The van der Waals surface area contributed by atoms with Crippen molar-refractivity contribution < 1.29 is 61.7 Å². The summed E-state index contributed by atoms with van der Waals surface area (Å²) in [5.41, 5.74) is 4.04. The number of hydrogen-bond acceptors (Lipinski definition) is 14. The summed E-state index contributed by atoms with van der Waals surface area (Å²) in [6.45, 7) is -0.939. The van der Waals surface area contributed by atoms with Gasteiger partial charge in [0.05, 0.1) is 22.6 Å². The van der Waals surface area contributed by atoms with Crippen LogP contribution >= 0.6 is 0 Å². The van der Waals surface area contributed by atoms with Gasteiger partial charge >= 0.3 is 10.4 Å². The van der Waals surface area contributed by atoms with Crippen LogP contribution in [0.4, 0.5) is 17.1 Å². The highest BCUT2D eigenvalue weighted by atomic mass is 32.3. The summed E-state index contributed by atoms with van der Waals surface area (Å²) in [6.07, 6.45) is 0. The van der Waals surface area contributed by atoms with Crippen molar-refractivity contribution in [2.75, 3.05) is 18.1 Å². The predicted molar refractivity (Wildman–Crippen MR) is 131 cm³/mol. The average Bonchev–Trinajstić information content (AvgIpc) is 2.76. The van der Waals surface area contributed by atoms with Crippen molar-refractivity contribution in [2.24, 2.45) is 10.2 Å². The second kappa shape index (κ2) is 10.3. The molecule has 0 atom stereocenters. The zero-order valence-corrected chi connectivity index (χ0v) is 22.2. The molecule has 0 aliphatic heterocycles. The molecule has 0 fully saturated rings. The van der Waals surface area contributed by atoms with Gasteiger partial charge in [0, 0.05) is 17.1 Å². The van der Waals surface area contributed by atoms with Gasteiger partial charge in [-0.15, -0.1) is 10.2 Å². The Morgan fingerprint density at radius 2 is 1.41 bits per heavy atom. The fraction of sp³-hybridized carbons (Fsp3) is 0.111. The standard InChI is InChI=1S/C18H17N3O14S4/c19-11-2-4-14(37(26,27)28)10-8-15(38(29,30)31)17(18(23)16(10)11)21-20-12-3-1-9(7-13(12)22)36(24,25)6-5-35-39(32,33)34/h1-4,7-8,22-23H,5-6,19H2,(H,26,27,28)(H,29,30,31)(H,32,33,34)/b21-20+. The van der Waals surface area contributed by atoms with Crippen LogP contribution in [0, 0.1) is 0 Å². The first kappa shape index (κ1) is 30.1. The minimum absolute atomic E-state index is 0.288. The fourth-order valence-corrected chi connectivity index (χ4v) is 6.06. The minimum Gasteiger partial charge on any atom is -0.506 e. The highest BCUT2D eigenvalue weighted by Gasteiger charge is 2.27. The summed E-state index contributed by atoms with van der Waals surface area (Å²) in [5, 5.41) is 26.9. The molecule has 0 aliphatic carbocycles. The second-order valence-corrected chi connectivity index (χ2v) is 13.5. The number of phenolic OH excluding ortho intramolecular Hbond substituents is 2. The first-order valence-corrected chi connectivity index (χ1v) is 15.7. The normalized spacial score (nSPS) is 13.3. The van der Waals surface area contributed by atoms with E-state index in [2.05, 4.69) is 14.4 Å². The fourth-order valence-electron chi connectivity index (χ4n) is 3.23. The van der Waals surface area contributed by atoms with Crippen molar-refractivity contribution in [3.8, 4) is 11.5 Å². The molecule has 3 aromatic rings. The maximum absolute atomic E-state index is 12.3. The predicted octanol–water partition coefficient (Wildman–Crippen LogP) is 1.34. The zero-order chi connectivity index (χ0) is 29.6. The van der Waals surface area contributed by atoms with Gasteiger partial charge in [-0.2, -0.15) is 25.3 Å². The molecule has 0 aromatic heterocycles. The molecule has 0 heterocycles. The van der Waals surface area contributed by atoms with Crippen LogP contribution in [0.2, 0.25) is 0 Å². The Morgan fingerprint density at radius 1 is 0.795 bits per heavy atom. The number of anilines is 1. The number of nitrogen functional groups attached to an aromatic ring is 1. The Kier molecular flexibility index (Phi) is 7.93. The summed E-state index contributed by atoms with van der Waals surface area (Å²) in [6, 6.07) is 4.83. The maximum Gasteiger partial charge on any atom is 0.397 e. The Balaban J connectivity index is 2.12. The lowest BCUT2D eigenvalue weighted by molar-refractivity contribution is 0.284. The number of nitrogens with two attached hydrogens (primary N) is 1. The number of rotatable bonds is 9. The van der Waals surface area contributed by atoms with Gasteiger partial charge in [0.2, 0.25) is 0 Å². The molecule has 0 amide bonds. The van der Waals surface area contributed by atoms with Gasteiger partial charge in [0.25, 0.3) is 20.2 Å². The van der Waals surface area contributed by atoms with Gasteiger partial charge < -0.3 is 15.9 Å². The summed E-state index contributed by atoms with van der Waals surface area (Å²) in [4.78, 5) is -2.55. The lowest BCUT2D eigenvalue weighted by Gasteiger charge is -2.13. The maximum atomic E-state index is 12.3. The van der Waals surface area contributed by atoms with Gasteiger partial charge in [0.15, 0.2) is 15.6 Å². The lowest BCUT2D eigenvalue weighted by Crippen LogP contribution is -2.15. The number of hydrogen-bond donors (Lipinski definition) is 6. The molecule has 39 heavy (non-hydrogen) atoms. The van der Waals surface area contributed by atoms with E-state index < -0.39 is 101 Å². The van der Waals surface area contributed by atoms with Gasteiger partial charge in [-0.3, -0.25) is 13.7 Å². The smallest absolute Gasteiger partial charge is 0.397 e. The zero-order valence-electron chi connectivity index (χ0n) is 18.9. The second-order valence-electron chi connectivity index (χ2n) is 7.52. The minimum atomic E-state index is -5.23. The van der Waals surface area contributed by atoms with Gasteiger partial charge in [-0.05, 0) is 30.3 Å². The molecule has 7 N–H and O–H groups in total. The van der Waals surface area contributed by atoms with Crippen LogP contribution in [-0.2, 0) is 44.7 Å². The molecule has 0 aliphatic rings. The van der Waals surface area contributed by atoms with Gasteiger partial charge in [-0.1, -0.05) is 0 Å². The number of phenols is 2. The van der Waals surface area contributed by atoms with Crippen LogP contribution in [0.5, 0.6) is 11.5 Å². The van der Waals surface area contributed by atoms with Crippen LogP contribution in [0.25, 0.3) is 10.8 Å². The quantitative estimate of drug-likeness (QED) is 0.111. The number of sulfone groups is 1. The van der Waals surface area contributed by atoms with Crippen LogP contribution in [0.15, 0.2) is 61.3 Å². The topological polar surface area (TPSA) is 298 Å². The molecular formula is C18H17N3O14S4. The lowest BCUT2D eigenvalue weighted by atomic mass is 10.1. The van der Waals surface area contributed by atoms with Crippen LogP contribution in [0.3, 0.4) is 0 Å². The van der Waals surface area contributed by atoms with Crippen LogP contribution in [-0.4, -0.2) is 69.9 Å². The molecule has 0 bridgehead atoms. The van der Waals surface area contributed by atoms with Crippen molar-refractivity contribution in [2.45, 2.75) is 14.7 Å². The van der Waals surface area contributed by atoms with E-state index in [1.165, 1.54) is 0 Å². The first-order chi connectivity index (χ1) is 17.7. The Morgan fingerprint density at radius 3 is 1.95 bits per heavy atom. The van der Waals surface area contributed by atoms with E-state index in [1.54, 1.807) is 0 Å². The Hall–Kier alpha value is -3.44. The summed E-state index contributed by atoms with van der Waals surface area (Å²) < 4.78 is 125. The molecule has 0 spiro atoms. The average molecular weight is 628 g/mol. The number of nitrogens with zero attached hydrogens (tertiary/aromatic N) is 2. The molecule has 212 valence electrons. The molecule has 0 unspecified atom stereocenters. The van der Waals surface area contributed by atoms with Gasteiger partial charge in [-0.25, -0.2) is 12.6 Å². The van der Waals surface area contributed by atoms with E-state index >= 15 is 0 Å². The number of fused-ring (bicyclic) bond motifs is 1. The third-order valence-corrected chi connectivity index (χ3v) is 8.83. The Labute approximate surface area is 220 Å². The van der Waals surface area contributed by atoms with E-state index in [1.807, 2.05) is 0 Å². The third kappa shape index (κ3) is 6.77. The molecule has 3 rings (SSSR count). The largest absolute Gasteiger partial charge is 0.506 e. The highest BCUT2D eigenvalue weighted by Crippen LogP contribution is 2.45. The van der Waals surface area contributed by atoms with Crippen molar-refractivity contribution in [1.82, 2.24) is 0 Å². The molecule has 3 aromatic carbocycles. The molecule has 0 saturated heterocycles.